The monoisotopic (exact) mass is 216 g/mol. The van der Waals surface area contributed by atoms with Gasteiger partial charge in [-0.05, 0) is 47.5 Å². The summed E-state index contributed by atoms with van der Waals surface area (Å²) in [4.78, 5) is 11.3. The van der Waals surface area contributed by atoms with Gasteiger partial charge in [-0.25, -0.2) is 4.79 Å². The van der Waals surface area contributed by atoms with E-state index in [1.54, 1.807) is 0 Å². The number of rotatable bonds is 4. The Kier molecular flexibility index (Phi) is 5.65. The maximum atomic E-state index is 11.3. The van der Waals surface area contributed by atoms with Crippen LogP contribution in [0.4, 0.5) is 4.79 Å². The first kappa shape index (κ1) is 14.2. The Balaban J connectivity index is 3.77. The second-order valence-corrected chi connectivity index (χ2v) is 5.10. The zero-order chi connectivity index (χ0) is 12.1. The summed E-state index contributed by atoms with van der Waals surface area (Å²) in [7, 11) is 0. The molecule has 90 valence electrons. The fourth-order valence-electron chi connectivity index (χ4n) is 1.09. The van der Waals surface area contributed by atoms with E-state index in [2.05, 4.69) is 5.32 Å². The summed E-state index contributed by atoms with van der Waals surface area (Å²) in [5, 5.41) is 2.78. The Labute approximate surface area is 92.6 Å². The molecular weight excluding hydrogens is 192 g/mol. The molecule has 2 atom stereocenters. The molecule has 0 saturated carbocycles. The van der Waals surface area contributed by atoms with E-state index in [9.17, 15) is 4.79 Å². The number of hydrogen-bond donors (Lipinski definition) is 2. The Hall–Kier alpha value is -0.770. The van der Waals surface area contributed by atoms with Crippen LogP contribution in [-0.2, 0) is 4.74 Å². The molecular formula is C11H24N2O2. The SMILES string of the molecule is CC(N)CCC(C)NC(=O)OC(C)(C)C. The topological polar surface area (TPSA) is 64.3 Å². The third-order valence-electron chi connectivity index (χ3n) is 1.82. The van der Waals surface area contributed by atoms with E-state index >= 15 is 0 Å². The molecule has 0 bridgehead atoms. The summed E-state index contributed by atoms with van der Waals surface area (Å²) in [6.07, 6.45) is 1.41. The largest absolute Gasteiger partial charge is 0.444 e. The maximum absolute atomic E-state index is 11.3. The van der Waals surface area contributed by atoms with Crippen molar-refractivity contribution in [2.75, 3.05) is 0 Å². The van der Waals surface area contributed by atoms with E-state index in [4.69, 9.17) is 10.5 Å². The van der Waals surface area contributed by atoms with E-state index in [0.29, 0.717) is 0 Å². The van der Waals surface area contributed by atoms with Crippen molar-refractivity contribution < 1.29 is 9.53 Å². The number of hydrogen-bond acceptors (Lipinski definition) is 3. The zero-order valence-electron chi connectivity index (χ0n) is 10.5. The fourth-order valence-corrected chi connectivity index (χ4v) is 1.09. The summed E-state index contributed by atoms with van der Waals surface area (Å²) in [6, 6.07) is 0.277. The highest BCUT2D eigenvalue weighted by Gasteiger charge is 2.17. The van der Waals surface area contributed by atoms with Gasteiger partial charge in [0.1, 0.15) is 5.60 Å². The Bertz CT molecular complexity index is 197. The van der Waals surface area contributed by atoms with Crippen molar-refractivity contribution in [3.63, 3.8) is 0 Å². The average Bonchev–Trinajstić information content (AvgIpc) is 1.96. The quantitative estimate of drug-likeness (QED) is 0.755. The Morgan fingerprint density at radius 2 is 1.87 bits per heavy atom. The van der Waals surface area contributed by atoms with Crippen LogP contribution in [0.1, 0.15) is 47.5 Å². The number of carbonyl (C=O) groups excluding carboxylic acids is 1. The molecule has 4 nitrogen and oxygen atoms in total. The summed E-state index contributed by atoms with van der Waals surface area (Å²) in [6.45, 7) is 9.45. The predicted octanol–water partition coefficient (Wildman–Crippen LogP) is 2.03. The predicted molar refractivity (Wildman–Crippen MR) is 61.7 cm³/mol. The van der Waals surface area contributed by atoms with Crippen LogP contribution < -0.4 is 11.1 Å². The van der Waals surface area contributed by atoms with Crippen LogP contribution >= 0.6 is 0 Å². The van der Waals surface area contributed by atoms with Crippen LogP contribution in [0.25, 0.3) is 0 Å². The van der Waals surface area contributed by atoms with Crippen LogP contribution in [0.2, 0.25) is 0 Å². The lowest BCUT2D eigenvalue weighted by Crippen LogP contribution is -2.38. The van der Waals surface area contributed by atoms with Gasteiger partial charge in [-0.2, -0.15) is 0 Å². The molecule has 0 heterocycles. The number of alkyl carbamates (subject to hydrolysis) is 1. The molecule has 0 aromatic rings. The van der Waals surface area contributed by atoms with E-state index < -0.39 is 5.60 Å². The van der Waals surface area contributed by atoms with Crippen molar-refractivity contribution in [2.45, 2.75) is 65.1 Å². The van der Waals surface area contributed by atoms with Gasteiger partial charge in [0.15, 0.2) is 0 Å². The van der Waals surface area contributed by atoms with Crippen LogP contribution in [0.15, 0.2) is 0 Å². The standard InChI is InChI=1S/C11H24N2O2/c1-8(12)6-7-9(2)13-10(14)15-11(3,4)5/h8-9H,6-7,12H2,1-5H3,(H,13,14). The van der Waals surface area contributed by atoms with Crippen molar-refractivity contribution in [3.05, 3.63) is 0 Å². The molecule has 0 aromatic carbocycles. The van der Waals surface area contributed by atoms with E-state index in [1.807, 2.05) is 34.6 Å². The van der Waals surface area contributed by atoms with E-state index in [0.717, 1.165) is 12.8 Å². The first-order valence-electron chi connectivity index (χ1n) is 5.46. The molecule has 0 spiro atoms. The lowest BCUT2D eigenvalue weighted by Gasteiger charge is -2.22. The molecule has 0 saturated heterocycles. The highest BCUT2D eigenvalue weighted by molar-refractivity contribution is 5.67. The van der Waals surface area contributed by atoms with Crippen molar-refractivity contribution in [3.8, 4) is 0 Å². The van der Waals surface area contributed by atoms with Gasteiger partial charge in [-0.3, -0.25) is 0 Å². The maximum Gasteiger partial charge on any atom is 0.407 e. The number of carbonyl (C=O) groups is 1. The highest BCUT2D eigenvalue weighted by Crippen LogP contribution is 2.07. The first-order chi connectivity index (χ1) is 6.70. The molecule has 0 radical (unpaired) electrons. The fraction of sp³-hybridized carbons (Fsp3) is 0.909. The van der Waals surface area contributed by atoms with Crippen LogP contribution in [-0.4, -0.2) is 23.8 Å². The van der Waals surface area contributed by atoms with Gasteiger partial charge >= 0.3 is 6.09 Å². The van der Waals surface area contributed by atoms with Gasteiger partial charge in [-0.1, -0.05) is 0 Å². The molecule has 0 aliphatic carbocycles. The van der Waals surface area contributed by atoms with Crippen molar-refractivity contribution >= 4 is 6.09 Å². The Morgan fingerprint density at radius 3 is 2.27 bits per heavy atom. The molecule has 0 aliphatic heterocycles. The lowest BCUT2D eigenvalue weighted by molar-refractivity contribution is 0.0505. The molecule has 0 fully saturated rings. The molecule has 3 N–H and O–H groups in total. The van der Waals surface area contributed by atoms with Gasteiger partial charge in [-0.15, -0.1) is 0 Å². The summed E-state index contributed by atoms with van der Waals surface area (Å²) < 4.78 is 5.13. The van der Waals surface area contributed by atoms with Gasteiger partial charge in [0.05, 0.1) is 0 Å². The minimum atomic E-state index is -0.440. The van der Waals surface area contributed by atoms with Gasteiger partial charge in [0.2, 0.25) is 0 Å². The smallest absolute Gasteiger partial charge is 0.407 e. The summed E-state index contributed by atoms with van der Waals surface area (Å²) in [5.74, 6) is 0. The van der Waals surface area contributed by atoms with Gasteiger partial charge in [0, 0.05) is 12.1 Å². The number of amides is 1. The molecule has 0 aliphatic rings. The zero-order valence-corrected chi connectivity index (χ0v) is 10.5. The third kappa shape index (κ3) is 9.53. The second kappa shape index (κ2) is 5.95. The molecule has 0 aromatic heterocycles. The van der Waals surface area contributed by atoms with Crippen LogP contribution in [0.3, 0.4) is 0 Å². The van der Waals surface area contributed by atoms with Crippen molar-refractivity contribution in [2.24, 2.45) is 5.73 Å². The van der Waals surface area contributed by atoms with E-state index in [1.165, 1.54) is 0 Å². The third-order valence-corrected chi connectivity index (χ3v) is 1.82. The molecule has 15 heavy (non-hydrogen) atoms. The highest BCUT2D eigenvalue weighted by atomic mass is 16.6. The normalized spacial score (nSPS) is 15.6. The lowest BCUT2D eigenvalue weighted by atomic mass is 10.1. The molecule has 0 rings (SSSR count). The minimum absolute atomic E-state index is 0.103. The summed E-state index contributed by atoms with van der Waals surface area (Å²) in [5.41, 5.74) is 5.19. The number of ether oxygens (including phenoxy) is 1. The van der Waals surface area contributed by atoms with Gasteiger partial charge < -0.3 is 15.8 Å². The molecule has 4 heteroatoms. The van der Waals surface area contributed by atoms with Gasteiger partial charge in [0.25, 0.3) is 0 Å². The molecule has 1 amide bonds. The van der Waals surface area contributed by atoms with Crippen LogP contribution in [0.5, 0.6) is 0 Å². The van der Waals surface area contributed by atoms with Crippen molar-refractivity contribution in [1.82, 2.24) is 5.32 Å². The Morgan fingerprint density at radius 1 is 1.33 bits per heavy atom. The summed E-state index contributed by atoms with van der Waals surface area (Å²) >= 11 is 0. The number of nitrogens with two attached hydrogens (primary N) is 1. The van der Waals surface area contributed by atoms with E-state index in [-0.39, 0.29) is 18.2 Å². The average molecular weight is 216 g/mol. The minimum Gasteiger partial charge on any atom is -0.444 e. The van der Waals surface area contributed by atoms with Crippen molar-refractivity contribution in [1.29, 1.82) is 0 Å². The second-order valence-electron chi connectivity index (χ2n) is 5.10. The first-order valence-corrected chi connectivity index (χ1v) is 5.46. The number of nitrogens with one attached hydrogen (secondary N) is 1. The van der Waals surface area contributed by atoms with Crippen LogP contribution in [0, 0.1) is 0 Å². The molecule has 2 unspecified atom stereocenters.